The van der Waals surface area contributed by atoms with Crippen molar-refractivity contribution in [2.45, 2.75) is 33.9 Å². The third-order valence-corrected chi connectivity index (χ3v) is 9.69. The van der Waals surface area contributed by atoms with E-state index in [1.165, 1.54) is 17.8 Å². The number of benzene rings is 4. The Kier molecular flexibility index (Phi) is 6.05. The van der Waals surface area contributed by atoms with E-state index in [2.05, 4.69) is 29.6 Å². The third kappa shape index (κ3) is 4.03. The number of nitro groups is 1. The van der Waals surface area contributed by atoms with Crippen LogP contribution in [-0.4, -0.2) is 26.6 Å². The second-order valence-corrected chi connectivity index (χ2v) is 11.3. The maximum absolute atomic E-state index is 12.2. The van der Waals surface area contributed by atoms with Gasteiger partial charge in [-0.25, -0.2) is 4.79 Å². The Morgan fingerprint density at radius 2 is 1.68 bits per heavy atom. The second-order valence-electron chi connectivity index (χ2n) is 9.52. The molecule has 0 amide bonds. The van der Waals surface area contributed by atoms with Gasteiger partial charge in [0.15, 0.2) is 0 Å². The summed E-state index contributed by atoms with van der Waals surface area (Å²) in [6.07, 6.45) is 0.729. The van der Waals surface area contributed by atoms with E-state index in [4.69, 9.17) is 11.6 Å². The van der Waals surface area contributed by atoms with E-state index in [1.54, 1.807) is 30.3 Å². The molecule has 1 heterocycles. The number of nitrogens with one attached hydrogen (secondary N) is 1. The van der Waals surface area contributed by atoms with Gasteiger partial charge >= 0.3 is 5.97 Å². The van der Waals surface area contributed by atoms with Crippen LogP contribution in [0.15, 0.2) is 89.8 Å². The van der Waals surface area contributed by atoms with Crippen LogP contribution in [-0.2, 0) is 0 Å². The molecule has 6 rings (SSSR count). The lowest BCUT2D eigenvalue weighted by molar-refractivity contribution is -0.387. The molecule has 1 saturated carbocycles. The molecule has 0 spiro atoms. The highest BCUT2D eigenvalue weighted by atomic mass is 35.5. The number of anilines is 1. The molecule has 2 aliphatic rings. The maximum atomic E-state index is 12.2. The minimum Gasteiger partial charge on any atom is -0.478 e. The predicted molar refractivity (Wildman–Crippen MR) is 147 cm³/mol. The fraction of sp³-hybridized carbons (Fsp3) is 0.207. The Morgan fingerprint density at radius 1 is 0.973 bits per heavy atom. The molecule has 2 N–H and O–H groups in total. The normalized spacial score (nSPS) is 24.2. The van der Waals surface area contributed by atoms with E-state index >= 15 is 0 Å². The van der Waals surface area contributed by atoms with Gasteiger partial charge in [0.25, 0.3) is 5.69 Å². The van der Waals surface area contributed by atoms with E-state index in [-0.39, 0.29) is 44.7 Å². The molecular weight excluding hydrogens is 508 g/mol. The number of hydrogen-bond acceptors (Lipinski definition) is 5. The molecule has 0 aromatic heterocycles. The zero-order chi connectivity index (χ0) is 25.7. The Balaban J connectivity index is 1.47. The minimum absolute atomic E-state index is 0.0727. The summed E-state index contributed by atoms with van der Waals surface area (Å²) in [5.41, 5.74) is 2.89. The van der Waals surface area contributed by atoms with Crippen LogP contribution in [0.2, 0.25) is 0 Å². The fourth-order valence-electron chi connectivity index (χ4n) is 6.02. The predicted octanol–water partition coefficient (Wildman–Crippen LogP) is 7.48. The van der Waals surface area contributed by atoms with E-state index in [0.29, 0.717) is 10.6 Å². The topological polar surface area (TPSA) is 92.5 Å². The number of alkyl halides is 1. The highest BCUT2D eigenvalue weighted by Crippen LogP contribution is 2.59. The van der Waals surface area contributed by atoms with Gasteiger partial charge < -0.3 is 10.4 Å². The van der Waals surface area contributed by atoms with Gasteiger partial charge in [0.05, 0.1) is 32.5 Å². The smallest absolute Gasteiger partial charge is 0.337 e. The molecule has 1 aliphatic carbocycles. The number of fused-ring (bicyclic) bond motifs is 4. The summed E-state index contributed by atoms with van der Waals surface area (Å²) in [7, 11) is 0. The Morgan fingerprint density at radius 3 is 2.49 bits per heavy atom. The second kappa shape index (κ2) is 9.39. The highest BCUT2D eigenvalue weighted by molar-refractivity contribution is 8.00. The number of carboxylic acid groups (broad SMARTS) is 1. The van der Waals surface area contributed by atoms with Crippen molar-refractivity contribution in [2.75, 3.05) is 5.32 Å². The zero-order valence-electron chi connectivity index (χ0n) is 19.6. The van der Waals surface area contributed by atoms with Crippen molar-refractivity contribution >= 4 is 51.5 Å². The summed E-state index contributed by atoms with van der Waals surface area (Å²) in [6.45, 7) is 0. The van der Waals surface area contributed by atoms with E-state index in [9.17, 15) is 20.0 Å². The molecule has 4 aromatic rings. The molecule has 0 radical (unpaired) electrons. The number of halogens is 1. The summed E-state index contributed by atoms with van der Waals surface area (Å²) in [5, 5.41) is 27.0. The van der Waals surface area contributed by atoms with Crippen LogP contribution in [0.3, 0.4) is 0 Å². The van der Waals surface area contributed by atoms with Crippen LogP contribution >= 0.6 is 23.4 Å². The summed E-state index contributed by atoms with van der Waals surface area (Å²) < 4.78 is 0. The lowest BCUT2D eigenvalue weighted by atomic mass is 9.75. The van der Waals surface area contributed by atoms with Crippen molar-refractivity contribution in [3.63, 3.8) is 0 Å². The van der Waals surface area contributed by atoms with E-state index < -0.39 is 5.97 Å². The lowest BCUT2D eigenvalue weighted by Gasteiger charge is -2.39. The molecular formula is C29H23ClN2O4S. The summed E-state index contributed by atoms with van der Waals surface area (Å²) in [6, 6.07) is 26.3. The van der Waals surface area contributed by atoms with Gasteiger partial charge in [-0.05, 0) is 46.4 Å². The van der Waals surface area contributed by atoms with Crippen molar-refractivity contribution in [3.05, 3.63) is 112 Å². The molecule has 6 nitrogen and oxygen atoms in total. The number of nitrogens with zero attached hydrogens (tertiary/aromatic N) is 1. The van der Waals surface area contributed by atoms with Crippen molar-refractivity contribution in [2.24, 2.45) is 5.92 Å². The van der Waals surface area contributed by atoms with Gasteiger partial charge in [-0.15, -0.1) is 23.4 Å². The van der Waals surface area contributed by atoms with E-state index in [0.717, 1.165) is 28.3 Å². The van der Waals surface area contributed by atoms with Gasteiger partial charge in [-0.1, -0.05) is 66.7 Å². The SMILES string of the molecule is O=C(O)c1cccc2c1N[C@@H](c1cccc3ccccc13)[C@@H]1C[C@H](Sc3ccccc3[N+](=O)[O-])[C@H](Cl)[C@H]21. The molecule has 4 aromatic carbocycles. The number of thioether (sulfide) groups is 1. The Bertz CT molecular complexity index is 1540. The third-order valence-electron chi connectivity index (χ3n) is 7.58. The van der Waals surface area contributed by atoms with Gasteiger partial charge in [0.2, 0.25) is 0 Å². The van der Waals surface area contributed by atoms with Crippen molar-refractivity contribution in [1.82, 2.24) is 0 Å². The first-order valence-electron chi connectivity index (χ1n) is 12.1. The number of rotatable bonds is 5. The van der Waals surface area contributed by atoms with Gasteiger partial charge in [0.1, 0.15) is 0 Å². The van der Waals surface area contributed by atoms with Gasteiger partial charge in [-0.2, -0.15) is 0 Å². The van der Waals surface area contributed by atoms with Crippen LogP contribution in [0, 0.1) is 16.0 Å². The summed E-state index contributed by atoms with van der Waals surface area (Å²) in [5.74, 6) is -1.03. The van der Waals surface area contributed by atoms with Crippen LogP contribution < -0.4 is 5.32 Å². The first-order chi connectivity index (χ1) is 17.9. The number of aromatic carboxylic acids is 1. The molecule has 0 saturated heterocycles. The molecule has 8 heteroatoms. The van der Waals surface area contributed by atoms with E-state index in [1.807, 2.05) is 24.3 Å². The Labute approximate surface area is 222 Å². The Hall–Kier alpha value is -3.55. The first-order valence-corrected chi connectivity index (χ1v) is 13.4. The fourth-order valence-corrected chi connectivity index (χ4v) is 7.97. The molecule has 0 unspecified atom stereocenters. The van der Waals surface area contributed by atoms with Crippen LogP contribution in [0.1, 0.15) is 39.9 Å². The molecule has 37 heavy (non-hydrogen) atoms. The zero-order valence-corrected chi connectivity index (χ0v) is 21.2. The number of carbonyl (C=O) groups is 1. The van der Waals surface area contributed by atoms with Crippen molar-refractivity contribution in [1.29, 1.82) is 0 Å². The molecule has 186 valence electrons. The number of para-hydroxylation sites is 2. The summed E-state index contributed by atoms with van der Waals surface area (Å²) in [4.78, 5) is 24.1. The van der Waals surface area contributed by atoms with Gasteiger partial charge in [-0.3, -0.25) is 10.1 Å². The number of nitro benzene ring substituents is 1. The minimum atomic E-state index is -0.991. The monoisotopic (exact) mass is 530 g/mol. The van der Waals surface area contributed by atoms with Gasteiger partial charge in [0, 0.05) is 17.2 Å². The quantitative estimate of drug-likeness (QED) is 0.158. The average Bonchev–Trinajstić information content (AvgIpc) is 3.23. The molecule has 5 atom stereocenters. The van der Waals surface area contributed by atoms with Crippen LogP contribution in [0.25, 0.3) is 10.8 Å². The first kappa shape index (κ1) is 23.8. The average molecular weight is 531 g/mol. The number of carboxylic acids is 1. The maximum Gasteiger partial charge on any atom is 0.337 e. The van der Waals surface area contributed by atoms with Crippen molar-refractivity contribution < 1.29 is 14.8 Å². The van der Waals surface area contributed by atoms with Crippen molar-refractivity contribution in [3.8, 4) is 0 Å². The number of hydrogen-bond donors (Lipinski definition) is 2. The summed E-state index contributed by atoms with van der Waals surface area (Å²) >= 11 is 8.65. The standard InChI is InChI=1S/C29H23ClN2O4S/c30-26-24(37-23-14-4-3-13-22(23)32(35)36)15-21-25(26)19-11-6-12-20(29(33)34)28(19)31-27(21)18-10-5-8-16-7-1-2-9-17(16)18/h1-14,21,24-27,31H,15H2,(H,33,34)/t21-,24+,25-,26+,27+/m1/s1. The molecule has 1 fully saturated rings. The van der Waals surface area contributed by atoms with Crippen LogP contribution in [0.4, 0.5) is 11.4 Å². The lowest BCUT2D eigenvalue weighted by Crippen LogP contribution is -2.32. The van der Waals surface area contributed by atoms with Crippen LogP contribution in [0.5, 0.6) is 0 Å². The highest BCUT2D eigenvalue weighted by Gasteiger charge is 2.51. The molecule has 1 aliphatic heterocycles. The largest absolute Gasteiger partial charge is 0.478 e. The molecule has 0 bridgehead atoms.